The van der Waals surface area contributed by atoms with Crippen LogP contribution in [0.1, 0.15) is 18.4 Å². The summed E-state index contributed by atoms with van der Waals surface area (Å²) in [5.41, 5.74) is 0.567. The van der Waals surface area contributed by atoms with Gasteiger partial charge < -0.3 is 14.8 Å². The molecule has 1 saturated heterocycles. The van der Waals surface area contributed by atoms with Crippen LogP contribution in [0.5, 0.6) is 0 Å². The highest BCUT2D eigenvalue weighted by Gasteiger charge is 2.33. The first kappa shape index (κ1) is 14.2. The number of nitrogens with one attached hydrogen (secondary N) is 1. The number of amides is 1. The molecule has 104 valence electrons. The summed E-state index contributed by atoms with van der Waals surface area (Å²) in [6.07, 6.45) is 1.01. The van der Waals surface area contributed by atoms with Crippen LogP contribution < -0.4 is 5.32 Å². The van der Waals surface area contributed by atoms with Crippen molar-refractivity contribution >= 4 is 17.7 Å². The summed E-state index contributed by atoms with van der Waals surface area (Å²) < 4.78 is 10.5. The van der Waals surface area contributed by atoms with Gasteiger partial charge in [-0.05, 0) is 18.4 Å². The van der Waals surface area contributed by atoms with E-state index in [2.05, 4.69) is 5.32 Å². The molecule has 0 spiro atoms. The predicted molar refractivity (Wildman–Crippen MR) is 73.3 cm³/mol. The zero-order valence-corrected chi connectivity index (χ0v) is 11.5. The Morgan fingerprint density at radius 2 is 2.00 bits per heavy atom. The largest absolute Gasteiger partial charge is 0.445 e. The van der Waals surface area contributed by atoms with Crippen LogP contribution in [0.4, 0.5) is 4.79 Å². The minimum atomic E-state index is -0.425. The van der Waals surface area contributed by atoms with Crippen molar-refractivity contribution in [2.45, 2.75) is 25.0 Å². The fraction of sp³-hybridized carbons (Fsp3) is 0.500. The van der Waals surface area contributed by atoms with Crippen molar-refractivity contribution in [3.8, 4) is 0 Å². The maximum absolute atomic E-state index is 11.8. The Morgan fingerprint density at radius 1 is 1.32 bits per heavy atom. The van der Waals surface area contributed by atoms with Gasteiger partial charge in [0.1, 0.15) is 6.61 Å². The molecule has 0 saturated carbocycles. The van der Waals surface area contributed by atoms with Gasteiger partial charge >= 0.3 is 6.09 Å². The van der Waals surface area contributed by atoms with Gasteiger partial charge in [-0.25, -0.2) is 4.79 Å². The van der Waals surface area contributed by atoms with E-state index in [4.69, 9.17) is 21.1 Å². The van der Waals surface area contributed by atoms with E-state index in [1.54, 1.807) is 0 Å². The van der Waals surface area contributed by atoms with Crippen molar-refractivity contribution in [3.63, 3.8) is 0 Å². The topological polar surface area (TPSA) is 47.6 Å². The fourth-order valence-corrected chi connectivity index (χ4v) is 2.36. The van der Waals surface area contributed by atoms with Crippen LogP contribution in [0.2, 0.25) is 0 Å². The number of hydrogen-bond acceptors (Lipinski definition) is 3. The number of halogens is 1. The Morgan fingerprint density at radius 3 is 2.63 bits per heavy atom. The van der Waals surface area contributed by atoms with E-state index in [1.807, 2.05) is 30.3 Å². The molecule has 0 aromatic heterocycles. The van der Waals surface area contributed by atoms with Crippen molar-refractivity contribution in [1.82, 2.24) is 5.32 Å². The SMILES string of the molecule is O=C(NC1(CCl)CCOCC1)OCc1ccccc1. The summed E-state index contributed by atoms with van der Waals surface area (Å²) in [6, 6.07) is 9.58. The second kappa shape index (κ2) is 6.78. The van der Waals surface area contributed by atoms with Crippen LogP contribution >= 0.6 is 11.6 Å². The maximum Gasteiger partial charge on any atom is 0.407 e. The van der Waals surface area contributed by atoms with Crippen molar-refractivity contribution in [1.29, 1.82) is 0 Å². The number of hydrogen-bond donors (Lipinski definition) is 1. The minimum Gasteiger partial charge on any atom is -0.445 e. The molecule has 1 amide bonds. The number of rotatable bonds is 4. The zero-order chi connectivity index (χ0) is 13.6. The number of carbonyl (C=O) groups excluding carboxylic acids is 1. The predicted octanol–water partition coefficient (Wildman–Crippen LogP) is 2.70. The molecule has 0 aliphatic carbocycles. The number of carbonyl (C=O) groups is 1. The molecule has 19 heavy (non-hydrogen) atoms. The molecule has 1 aliphatic heterocycles. The van der Waals surface area contributed by atoms with Crippen molar-refractivity contribution in [2.24, 2.45) is 0 Å². The molecular weight excluding hydrogens is 266 g/mol. The molecule has 4 nitrogen and oxygen atoms in total. The average Bonchev–Trinajstić information content (AvgIpc) is 2.47. The number of alkyl carbamates (subject to hydrolysis) is 1. The highest BCUT2D eigenvalue weighted by molar-refractivity contribution is 6.18. The van der Waals surface area contributed by atoms with Crippen LogP contribution in [0.15, 0.2) is 30.3 Å². The average molecular weight is 284 g/mol. The first-order valence-corrected chi connectivity index (χ1v) is 6.90. The smallest absolute Gasteiger partial charge is 0.407 e. The highest BCUT2D eigenvalue weighted by atomic mass is 35.5. The standard InChI is InChI=1S/C14H18ClNO3/c15-11-14(6-8-18-9-7-14)16-13(17)19-10-12-4-2-1-3-5-12/h1-5H,6-11H2,(H,16,17). The van der Waals surface area contributed by atoms with E-state index in [9.17, 15) is 4.79 Å². The molecule has 0 unspecified atom stereocenters. The fourth-order valence-electron chi connectivity index (χ4n) is 2.03. The minimum absolute atomic E-state index is 0.265. The highest BCUT2D eigenvalue weighted by Crippen LogP contribution is 2.22. The summed E-state index contributed by atoms with van der Waals surface area (Å²) >= 11 is 5.97. The van der Waals surface area contributed by atoms with Gasteiger partial charge in [-0.3, -0.25) is 0 Å². The first-order chi connectivity index (χ1) is 9.24. The summed E-state index contributed by atoms with van der Waals surface area (Å²) in [4.78, 5) is 11.8. The molecule has 1 aromatic rings. The lowest BCUT2D eigenvalue weighted by atomic mass is 9.92. The number of benzene rings is 1. The molecule has 1 N–H and O–H groups in total. The quantitative estimate of drug-likeness (QED) is 0.864. The first-order valence-electron chi connectivity index (χ1n) is 6.37. The van der Waals surface area contributed by atoms with Crippen LogP contribution in [0, 0.1) is 0 Å². The lowest BCUT2D eigenvalue weighted by Gasteiger charge is -2.35. The molecule has 0 atom stereocenters. The lowest BCUT2D eigenvalue weighted by molar-refractivity contribution is 0.0425. The van der Waals surface area contributed by atoms with Crippen LogP contribution in [-0.2, 0) is 16.1 Å². The molecular formula is C14H18ClNO3. The molecule has 1 aliphatic rings. The Bertz CT molecular complexity index is 404. The molecule has 1 fully saturated rings. The van der Waals surface area contributed by atoms with E-state index in [-0.39, 0.29) is 6.61 Å². The monoisotopic (exact) mass is 283 g/mol. The molecule has 1 aromatic carbocycles. The van der Waals surface area contributed by atoms with E-state index >= 15 is 0 Å². The van der Waals surface area contributed by atoms with Gasteiger partial charge in [0.15, 0.2) is 0 Å². The molecule has 1 heterocycles. The summed E-state index contributed by atoms with van der Waals surface area (Å²) in [7, 11) is 0. The summed E-state index contributed by atoms with van der Waals surface area (Å²) in [6.45, 7) is 1.50. The zero-order valence-electron chi connectivity index (χ0n) is 10.7. The van der Waals surface area contributed by atoms with Crippen LogP contribution in [0.3, 0.4) is 0 Å². The van der Waals surface area contributed by atoms with Crippen molar-refractivity contribution in [2.75, 3.05) is 19.1 Å². The van der Waals surface area contributed by atoms with Gasteiger partial charge in [0.05, 0.1) is 5.54 Å². The van der Waals surface area contributed by atoms with Crippen molar-refractivity contribution in [3.05, 3.63) is 35.9 Å². The third-order valence-electron chi connectivity index (χ3n) is 3.29. The maximum atomic E-state index is 11.8. The Kier molecular flexibility index (Phi) is 5.05. The Balaban J connectivity index is 1.83. The third-order valence-corrected chi connectivity index (χ3v) is 3.80. The second-order valence-electron chi connectivity index (χ2n) is 4.71. The Labute approximate surface area is 118 Å². The van der Waals surface area contributed by atoms with E-state index in [1.165, 1.54) is 0 Å². The van der Waals surface area contributed by atoms with Gasteiger partial charge in [-0.2, -0.15) is 0 Å². The summed E-state index contributed by atoms with van der Waals surface area (Å²) in [5.74, 6) is 0.372. The van der Waals surface area contributed by atoms with Crippen molar-refractivity contribution < 1.29 is 14.3 Å². The lowest BCUT2D eigenvalue weighted by Crippen LogP contribution is -2.53. The second-order valence-corrected chi connectivity index (χ2v) is 4.98. The van der Waals surface area contributed by atoms with E-state index in [0.717, 1.165) is 18.4 Å². The Hall–Kier alpha value is -1.26. The van der Waals surface area contributed by atoms with Gasteiger partial charge in [-0.1, -0.05) is 30.3 Å². The van der Waals surface area contributed by atoms with Gasteiger partial charge in [-0.15, -0.1) is 11.6 Å². The summed E-state index contributed by atoms with van der Waals surface area (Å²) in [5, 5.41) is 2.88. The van der Waals surface area contributed by atoms with Gasteiger partial charge in [0, 0.05) is 19.1 Å². The molecule has 2 rings (SSSR count). The van der Waals surface area contributed by atoms with E-state index in [0.29, 0.717) is 19.1 Å². The number of ether oxygens (including phenoxy) is 2. The molecule has 0 radical (unpaired) electrons. The molecule has 0 bridgehead atoms. The van der Waals surface area contributed by atoms with Crippen LogP contribution in [0.25, 0.3) is 0 Å². The molecule has 5 heteroatoms. The normalized spacial score (nSPS) is 17.7. The number of alkyl halides is 1. The van der Waals surface area contributed by atoms with E-state index < -0.39 is 11.6 Å². The van der Waals surface area contributed by atoms with Crippen LogP contribution in [-0.4, -0.2) is 30.7 Å². The van der Waals surface area contributed by atoms with Gasteiger partial charge in [0.2, 0.25) is 0 Å². The van der Waals surface area contributed by atoms with Gasteiger partial charge in [0.25, 0.3) is 0 Å². The third kappa shape index (κ3) is 4.11.